The Morgan fingerprint density at radius 2 is 2.00 bits per heavy atom. The molecule has 0 aromatic heterocycles. The lowest BCUT2D eigenvalue weighted by Crippen LogP contribution is -2.33. The number of ether oxygens (including phenoxy) is 3. The Labute approximate surface area is 189 Å². The van der Waals surface area contributed by atoms with Crippen LogP contribution >= 0.6 is 0 Å². The molecule has 1 rings (SSSR count). The number of nitro benzene ring substituents is 1. The maximum Gasteiger partial charge on any atom is 0.306 e. The lowest BCUT2D eigenvalue weighted by atomic mass is 10.1. The van der Waals surface area contributed by atoms with Gasteiger partial charge >= 0.3 is 5.97 Å². The predicted octanol–water partition coefficient (Wildman–Crippen LogP) is 2.06. The molecule has 0 spiro atoms. The van der Waals surface area contributed by atoms with Crippen molar-refractivity contribution in [2.45, 2.75) is 38.7 Å². The van der Waals surface area contributed by atoms with Crippen molar-refractivity contribution in [1.82, 2.24) is 5.32 Å². The van der Waals surface area contributed by atoms with Gasteiger partial charge in [-0.3, -0.25) is 24.5 Å². The molecule has 1 unspecified atom stereocenters. The smallest absolute Gasteiger partial charge is 0.306 e. The Hall–Kier alpha value is -4.06. The molecule has 14 heteroatoms. The number of hydrogen-bond acceptors (Lipinski definition) is 9. The average molecular weight is 466 g/mol. The van der Waals surface area contributed by atoms with E-state index in [0.717, 1.165) is 6.07 Å². The molecule has 2 amide bonds. The first-order chi connectivity index (χ1) is 15.7. The number of azide groups is 1. The van der Waals surface area contributed by atoms with E-state index in [-0.39, 0.29) is 74.0 Å². The highest BCUT2D eigenvalue weighted by Gasteiger charge is 2.26. The summed E-state index contributed by atoms with van der Waals surface area (Å²) in [5, 5.41) is 17.2. The minimum absolute atomic E-state index is 0.0114. The average Bonchev–Trinajstić information content (AvgIpc) is 2.77. The molecule has 0 heterocycles. The second kappa shape index (κ2) is 14.1. The largest absolute Gasteiger partial charge is 0.493 e. The Morgan fingerprint density at radius 3 is 2.61 bits per heavy atom. The molecule has 0 radical (unpaired) electrons. The molecule has 1 aromatic rings. The van der Waals surface area contributed by atoms with Gasteiger partial charge in [0, 0.05) is 24.3 Å². The maximum atomic E-state index is 12.0. The number of rotatable bonds is 15. The summed E-state index contributed by atoms with van der Waals surface area (Å²) in [4.78, 5) is 47.7. The van der Waals surface area contributed by atoms with Crippen molar-refractivity contribution >= 4 is 23.5 Å². The number of esters is 1. The fraction of sp³-hybridized carbons (Fsp3) is 0.526. The van der Waals surface area contributed by atoms with Crippen molar-refractivity contribution in [3.8, 4) is 11.5 Å². The fourth-order valence-electron chi connectivity index (χ4n) is 2.67. The minimum atomic E-state index is -0.950. The van der Waals surface area contributed by atoms with Crippen LogP contribution in [-0.4, -0.2) is 49.5 Å². The lowest BCUT2D eigenvalue weighted by Gasteiger charge is -2.17. The molecular formula is C19H26N6O8. The molecule has 0 aliphatic carbocycles. The highest BCUT2D eigenvalue weighted by atomic mass is 16.6. The van der Waals surface area contributed by atoms with Crippen molar-refractivity contribution in [3.63, 3.8) is 0 Å². The van der Waals surface area contributed by atoms with E-state index in [1.54, 1.807) is 0 Å². The molecule has 0 saturated carbocycles. The number of primary amides is 1. The summed E-state index contributed by atoms with van der Waals surface area (Å²) in [6.45, 7) is 1.40. The summed E-state index contributed by atoms with van der Waals surface area (Å²) in [7, 11) is 1.35. The van der Waals surface area contributed by atoms with Gasteiger partial charge in [-0.05, 0) is 31.4 Å². The van der Waals surface area contributed by atoms with E-state index < -0.39 is 22.9 Å². The number of nitrogens with zero attached hydrogens (tertiary/aromatic N) is 4. The maximum absolute atomic E-state index is 12.0. The number of carbonyl (C=O) groups excluding carboxylic acids is 3. The molecule has 0 saturated heterocycles. The van der Waals surface area contributed by atoms with E-state index in [2.05, 4.69) is 15.3 Å². The molecule has 14 nitrogen and oxygen atoms in total. The van der Waals surface area contributed by atoms with Crippen molar-refractivity contribution in [3.05, 3.63) is 38.3 Å². The standard InChI is InChI=1S/C19H26N6O8/c1-12(33-19(28)6-3-7-23-24-21)13-9-15(31-2)16(10-14(13)25(29)30)32-8-4-5-18(27)22-11-17(20)26/h9-10,12H,3-8,11H2,1-2H3,(H2,20,26)(H,22,27). The first-order valence-corrected chi connectivity index (χ1v) is 9.94. The lowest BCUT2D eigenvalue weighted by molar-refractivity contribution is -0.386. The number of amides is 2. The second-order valence-electron chi connectivity index (χ2n) is 6.70. The Morgan fingerprint density at radius 1 is 1.27 bits per heavy atom. The van der Waals surface area contributed by atoms with Gasteiger partial charge in [-0.2, -0.15) is 0 Å². The van der Waals surface area contributed by atoms with Gasteiger partial charge in [-0.1, -0.05) is 5.11 Å². The third-order valence-electron chi connectivity index (χ3n) is 4.22. The predicted molar refractivity (Wildman–Crippen MR) is 114 cm³/mol. The highest BCUT2D eigenvalue weighted by molar-refractivity contribution is 5.83. The zero-order chi connectivity index (χ0) is 24.8. The van der Waals surface area contributed by atoms with Crippen LogP contribution in [0.3, 0.4) is 0 Å². The summed E-state index contributed by atoms with van der Waals surface area (Å²) in [5.74, 6) is -1.39. The zero-order valence-electron chi connectivity index (χ0n) is 18.3. The van der Waals surface area contributed by atoms with Gasteiger partial charge in [0.05, 0.1) is 36.8 Å². The van der Waals surface area contributed by atoms with Crippen molar-refractivity contribution in [1.29, 1.82) is 0 Å². The number of nitrogens with one attached hydrogen (secondary N) is 1. The first-order valence-electron chi connectivity index (χ1n) is 9.94. The fourth-order valence-corrected chi connectivity index (χ4v) is 2.67. The summed E-state index contributed by atoms with van der Waals surface area (Å²) < 4.78 is 16.0. The molecular weight excluding hydrogens is 440 g/mol. The molecule has 0 fully saturated rings. The van der Waals surface area contributed by atoms with Crippen LogP contribution in [0.1, 0.15) is 44.3 Å². The van der Waals surface area contributed by atoms with E-state index in [9.17, 15) is 24.5 Å². The monoisotopic (exact) mass is 466 g/mol. The van der Waals surface area contributed by atoms with Gasteiger partial charge in [0.1, 0.15) is 6.10 Å². The molecule has 0 bridgehead atoms. The molecule has 33 heavy (non-hydrogen) atoms. The van der Waals surface area contributed by atoms with Crippen LogP contribution < -0.4 is 20.5 Å². The van der Waals surface area contributed by atoms with Gasteiger partial charge in [-0.25, -0.2) is 0 Å². The third-order valence-corrected chi connectivity index (χ3v) is 4.22. The van der Waals surface area contributed by atoms with Crippen LogP contribution in [0.4, 0.5) is 5.69 Å². The molecule has 1 atom stereocenters. The van der Waals surface area contributed by atoms with Gasteiger partial charge in [0.25, 0.3) is 5.69 Å². The second-order valence-corrected chi connectivity index (χ2v) is 6.70. The SMILES string of the molecule is COc1cc(C(C)OC(=O)CCCN=[N+]=[N-])c([N+](=O)[O-])cc1OCCCC(=O)NCC(N)=O. The van der Waals surface area contributed by atoms with Crippen LogP contribution in [0.15, 0.2) is 17.2 Å². The van der Waals surface area contributed by atoms with E-state index >= 15 is 0 Å². The number of hydrogen-bond donors (Lipinski definition) is 2. The number of benzene rings is 1. The number of nitro groups is 1. The van der Waals surface area contributed by atoms with Crippen LogP contribution in [0.25, 0.3) is 10.4 Å². The number of methoxy groups -OCH3 is 1. The third kappa shape index (κ3) is 9.74. The van der Waals surface area contributed by atoms with Gasteiger partial charge in [0.2, 0.25) is 11.8 Å². The number of nitrogens with two attached hydrogens (primary N) is 1. The summed E-state index contributed by atoms with van der Waals surface area (Å²) >= 11 is 0. The topological polar surface area (TPSA) is 209 Å². The van der Waals surface area contributed by atoms with E-state index in [1.807, 2.05) is 0 Å². The highest BCUT2D eigenvalue weighted by Crippen LogP contribution is 2.38. The van der Waals surface area contributed by atoms with Crippen molar-refractivity contribution in [2.24, 2.45) is 10.8 Å². The summed E-state index contributed by atoms with van der Waals surface area (Å²) in [6, 6.07) is 2.51. The van der Waals surface area contributed by atoms with E-state index in [0.29, 0.717) is 0 Å². The summed E-state index contributed by atoms with van der Waals surface area (Å²) in [5.41, 5.74) is 13.0. The van der Waals surface area contributed by atoms with Crippen LogP contribution in [0, 0.1) is 10.1 Å². The normalized spacial score (nSPS) is 11.0. The Balaban J connectivity index is 2.83. The minimum Gasteiger partial charge on any atom is -0.493 e. The van der Waals surface area contributed by atoms with Crippen LogP contribution in [0.2, 0.25) is 0 Å². The quantitative estimate of drug-likeness (QED) is 0.0741. The zero-order valence-corrected chi connectivity index (χ0v) is 18.3. The first kappa shape index (κ1) is 27.0. The molecule has 0 aliphatic heterocycles. The summed E-state index contributed by atoms with van der Waals surface area (Å²) in [6.07, 6.45) is -0.346. The van der Waals surface area contributed by atoms with Gasteiger partial charge in [0.15, 0.2) is 11.5 Å². The Kier molecular flexibility index (Phi) is 11.5. The molecule has 3 N–H and O–H groups in total. The molecule has 0 aliphatic rings. The van der Waals surface area contributed by atoms with E-state index in [4.69, 9.17) is 25.5 Å². The van der Waals surface area contributed by atoms with Crippen molar-refractivity contribution < 1.29 is 33.5 Å². The molecule has 180 valence electrons. The number of carbonyl (C=O) groups is 3. The van der Waals surface area contributed by atoms with E-state index in [1.165, 1.54) is 20.1 Å². The van der Waals surface area contributed by atoms with Crippen molar-refractivity contribution in [2.75, 3.05) is 26.8 Å². The van der Waals surface area contributed by atoms with Crippen LogP contribution in [0.5, 0.6) is 11.5 Å². The van der Waals surface area contributed by atoms with Gasteiger partial charge in [-0.15, -0.1) is 0 Å². The Bertz CT molecular complexity index is 916. The van der Waals surface area contributed by atoms with Crippen LogP contribution in [-0.2, 0) is 19.1 Å². The molecule has 1 aromatic carbocycles. The van der Waals surface area contributed by atoms with Gasteiger partial charge < -0.3 is 25.3 Å².